The number of aryl methyl sites for hydroxylation is 1. The van der Waals surface area contributed by atoms with Crippen molar-refractivity contribution in [3.05, 3.63) is 59.2 Å². The average Bonchev–Trinajstić information content (AvgIpc) is 3.01. The fourth-order valence-corrected chi connectivity index (χ4v) is 2.91. The van der Waals surface area contributed by atoms with Crippen LogP contribution in [0.3, 0.4) is 0 Å². The topological polar surface area (TPSA) is 94.2 Å². The molecule has 1 aliphatic heterocycles. The highest BCUT2D eigenvalue weighted by Gasteiger charge is 2.34. The van der Waals surface area contributed by atoms with E-state index in [-0.39, 0.29) is 18.8 Å². The molecule has 156 valence electrons. The molecule has 1 N–H and O–H groups in total. The first-order chi connectivity index (χ1) is 14.4. The third kappa shape index (κ3) is 4.60. The van der Waals surface area contributed by atoms with Crippen LogP contribution in [0.1, 0.15) is 18.1 Å². The number of hydrogen-bond acceptors (Lipinski definition) is 6. The van der Waals surface area contributed by atoms with Crippen molar-refractivity contribution in [1.29, 1.82) is 0 Å². The van der Waals surface area contributed by atoms with Gasteiger partial charge in [-0.2, -0.15) is 0 Å². The Morgan fingerprint density at radius 3 is 2.63 bits per heavy atom. The number of carbonyl (C=O) groups is 3. The van der Waals surface area contributed by atoms with Gasteiger partial charge < -0.3 is 14.2 Å². The first-order valence-corrected chi connectivity index (χ1v) is 9.33. The number of rotatable bonds is 7. The van der Waals surface area contributed by atoms with Gasteiger partial charge in [0.25, 0.3) is 11.8 Å². The molecule has 0 radical (unpaired) electrons. The van der Waals surface area contributed by atoms with Crippen LogP contribution in [0.4, 0.5) is 5.69 Å². The maximum absolute atomic E-state index is 12.8. The summed E-state index contributed by atoms with van der Waals surface area (Å²) in [7, 11) is 1.45. The summed E-state index contributed by atoms with van der Waals surface area (Å²) in [4.78, 5) is 36.6. The van der Waals surface area contributed by atoms with Crippen molar-refractivity contribution >= 4 is 29.5 Å². The Bertz CT molecular complexity index is 1010. The van der Waals surface area contributed by atoms with Crippen molar-refractivity contribution in [2.75, 3.05) is 25.3 Å². The summed E-state index contributed by atoms with van der Waals surface area (Å²) in [6, 6.07) is 12.1. The maximum atomic E-state index is 12.8. The second kappa shape index (κ2) is 9.13. The van der Waals surface area contributed by atoms with Crippen LogP contribution < -0.4 is 19.9 Å². The Hall–Kier alpha value is -3.81. The average molecular weight is 410 g/mol. The summed E-state index contributed by atoms with van der Waals surface area (Å²) in [5.74, 6) is -0.739. The van der Waals surface area contributed by atoms with Gasteiger partial charge in [-0.15, -0.1) is 0 Å². The zero-order valence-corrected chi connectivity index (χ0v) is 16.9. The van der Waals surface area contributed by atoms with Gasteiger partial charge >= 0.3 is 5.97 Å². The van der Waals surface area contributed by atoms with E-state index in [4.69, 9.17) is 14.2 Å². The van der Waals surface area contributed by atoms with E-state index in [0.717, 1.165) is 5.56 Å². The van der Waals surface area contributed by atoms with Crippen LogP contribution in [0.5, 0.6) is 11.5 Å². The van der Waals surface area contributed by atoms with Crippen molar-refractivity contribution < 1.29 is 28.6 Å². The van der Waals surface area contributed by atoms with E-state index in [0.29, 0.717) is 22.7 Å². The molecule has 0 unspecified atom stereocenters. The number of hydrazine groups is 1. The highest BCUT2D eigenvalue weighted by atomic mass is 16.6. The largest absolute Gasteiger partial charge is 0.493 e. The molecule has 1 fully saturated rings. The van der Waals surface area contributed by atoms with Gasteiger partial charge in [-0.05, 0) is 55.3 Å². The Kier molecular flexibility index (Phi) is 6.36. The van der Waals surface area contributed by atoms with Crippen LogP contribution in [-0.2, 0) is 19.1 Å². The van der Waals surface area contributed by atoms with E-state index >= 15 is 0 Å². The van der Waals surface area contributed by atoms with Gasteiger partial charge in [0.1, 0.15) is 5.57 Å². The second-order valence-electron chi connectivity index (χ2n) is 6.48. The van der Waals surface area contributed by atoms with E-state index in [2.05, 4.69) is 5.43 Å². The number of nitrogens with zero attached hydrogens (tertiary/aromatic N) is 1. The number of benzene rings is 2. The molecular weight excluding hydrogens is 388 g/mol. The fraction of sp³-hybridized carbons (Fsp3) is 0.227. The van der Waals surface area contributed by atoms with Crippen LogP contribution in [0.25, 0.3) is 6.08 Å². The number of nitrogens with one attached hydrogen (secondary N) is 1. The molecule has 0 bridgehead atoms. The van der Waals surface area contributed by atoms with Crippen LogP contribution in [0.15, 0.2) is 48.0 Å². The zero-order valence-electron chi connectivity index (χ0n) is 16.9. The minimum Gasteiger partial charge on any atom is -0.493 e. The normalized spacial score (nSPS) is 14.6. The van der Waals surface area contributed by atoms with Crippen molar-refractivity contribution in [1.82, 2.24) is 5.43 Å². The van der Waals surface area contributed by atoms with E-state index in [1.54, 1.807) is 37.3 Å². The molecule has 1 heterocycles. The number of anilines is 1. The summed E-state index contributed by atoms with van der Waals surface area (Å²) in [6.45, 7) is 3.63. The van der Waals surface area contributed by atoms with Gasteiger partial charge in [-0.1, -0.05) is 18.2 Å². The lowest BCUT2D eigenvalue weighted by atomic mass is 10.1. The molecule has 3 rings (SSSR count). The van der Waals surface area contributed by atoms with Gasteiger partial charge in [0.15, 0.2) is 18.1 Å². The molecule has 2 amide bonds. The molecule has 30 heavy (non-hydrogen) atoms. The Morgan fingerprint density at radius 2 is 1.93 bits per heavy atom. The number of amides is 2. The molecule has 1 aliphatic rings. The van der Waals surface area contributed by atoms with Crippen molar-refractivity contribution in [3.8, 4) is 11.5 Å². The van der Waals surface area contributed by atoms with Gasteiger partial charge in [0, 0.05) is 0 Å². The highest BCUT2D eigenvalue weighted by Crippen LogP contribution is 2.30. The standard InChI is InChI=1S/C22H22N2O6/c1-4-29-20(25)13-30-18-9-8-15(12-19(18)28-3)11-17-21(26)23-24(22(17)27)16-7-5-6-14(2)10-16/h5-12H,4,13H2,1-3H3,(H,23,26)/b17-11-. The predicted octanol–water partition coefficient (Wildman–Crippen LogP) is 2.41. The predicted molar refractivity (Wildman–Crippen MR) is 110 cm³/mol. The first kappa shape index (κ1) is 20.9. The Morgan fingerprint density at radius 1 is 1.13 bits per heavy atom. The lowest BCUT2D eigenvalue weighted by Gasteiger charge is -2.14. The third-order valence-electron chi connectivity index (χ3n) is 4.30. The maximum Gasteiger partial charge on any atom is 0.344 e. The lowest BCUT2D eigenvalue weighted by molar-refractivity contribution is -0.145. The Labute approximate surface area is 174 Å². The summed E-state index contributed by atoms with van der Waals surface area (Å²) in [5.41, 5.74) is 4.69. The number of ether oxygens (including phenoxy) is 3. The molecule has 0 saturated carbocycles. The summed E-state index contributed by atoms with van der Waals surface area (Å²) >= 11 is 0. The quantitative estimate of drug-likeness (QED) is 0.428. The fourth-order valence-electron chi connectivity index (χ4n) is 2.91. The molecule has 8 nitrogen and oxygen atoms in total. The number of carbonyl (C=O) groups excluding carboxylic acids is 3. The third-order valence-corrected chi connectivity index (χ3v) is 4.30. The van der Waals surface area contributed by atoms with Crippen molar-refractivity contribution in [2.24, 2.45) is 0 Å². The minimum absolute atomic E-state index is 0.00116. The molecule has 0 aliphatic carbocycles. The van der Waals surface area contributed by atoms with Gasteiger partial charge in [-0.3, -0.25) is 15.0 Å². The molecule has 0 spiro atoms. The second-order valence-corrected chi connectivity index (χ2v) is 6.48. The van der Waals surface area contributed by atoms with Gasteiger partial charge in [-0.25, -0.2) is 9.80 Å². The van der Waals surface area contributed by atoms with Gasteiger partial charge in [0.05, 0.1) is 19.4 Å². The molecule has 2 aromatic carbocycles. The first-order valence-electron chi connectivity index (χ1n) is 9.33. The molecule has 8 heteroatoms. The molecule has 0 atom stereocenters. The number of esters is 1. The molecule has 0 aromatic heterocycles. The summed E-state index contributed by atoms with van der Waals surface area (Å²) < 4.78 is 15.5. The highest BCUT2D eigenvalue weighted by molar-refractivity contribution is 6.31. The molecular formula is C22H22N2O6. The number of methoxy groups -OCH3 is 1. The van der Waals surface area contributed by atoms with Crippen molar-refractivity contribution in [3.63, 3.8) is 0 Å². The monoisotopic (exact) mass is 410 g/mol. The summed E-state index contributed by atoms with van der Waals surface area (Å²) in [5, 5.41) is 1.22. The van der Waals surface area contributed by atoms with Gasteiger partial charge in [0.2, 0.25) is 0 Å². The molecule has 2 aromatic rings. The molecule has 1 saturated heterocycles. The zero-order chi connectivity index (χ0) is 21.7. The van der Waals surface area contributed by atoms with Crippen LogP contribution in [0, 0.1) is 6.92 Å². The van der Waals surface area contributed by atoms with E-state index in [1.165, 1.54) is 18.2 Å². The summed E-state index contributed by atoms with van der Waals surface area (Å²) in [6.07, 6.45) is 1.48. The lowest BCUT2D eigenvalue weighted by Crippen LogP contribution is -2.35. The number of hydrogen-bond donors (Lipinski definition) is 1. The minimum atomic E-state index is -0.497. The van der Waals surface area contributed by atoms with Crippen LogP contribution in [-0.4, -0.2) is 38.1 Å². The Balaban J connectivity index is 1.81. The SMILES string of the molecule is CCOC(=O)COc1ccc(/C=C2/C(=O)NN(c3cccc(C)c3)C2=O)cc1OC. The van der Waals surface area contributed by atoms with E-state index < -0.39 is 17.8 Å². The smallest absolute Gasteiger partial charge is 0.344 e. The van der Waals surface area contributed by atoms with E-state index in [1.807, 2.05) is 19.1 Å². The van der Waals surface area contributed by atoms with E-state index in [9.17, 15) is 14.4 Å². The van der Waals surface area contributed by atoms with Crippen LogP contribution in [0.2, 0.25) is 0 Å². The van der Waals surface area contributed by atoms with Crippen molar-refractivity contribution in [2.45, 2.75) is 13.8 Å². The van der Waals surface area contributed by atoms with Crippen LogP contribution >= 0.6 is 0 Å².